The quantitative estimate of drug-likeness (QED) is 0.843. The fourth-order valence-corrected chi connectivity index (χ4v) is 3.17. The zero-order valence-electron chi connectivity index (χ0n) is 12.4. The van der Waals surface area contributed by atoms with Gasteiger partial charge in [0.25, 0.3) is 5.91 Å². The molecule has 1 aliphatic heterocycles. The number of likely N-dealkylation sites (tertiary alicyclic amines) is 1. The number of aryl methyl sites for hydroxylation is 3. The molecule has 1 aromatic rings. The van der Waals surface area contributed by atoms with Crippen molar-refractivity contribution in [3.8, 4) is 0 Å². The van der Waals surface area contributed by atoms with Crippen LogP contribution in [-0.2, 0) is 0 Å². The van der Waals surface area contributed by atoms with Crippen molar-refractivity contribution in [1.29, 1.82) is 0 Å². The molecular weight excluding hydrogens is 236 g/mol. The number of hydrogen-bond acceptors (Lipinski definition) is 2. The van der Waals surface area contributed by atoms with Crippen molar-refractivity contribution in [3.63, 3.8) is 0 Å². The Bertz CT molecular complexity index is 473. The van der Waals surface area contributed by atoms with E-state index in [0.717, 1.165) is 36.1 Å². The zero-order valence-corrected chi connectivity index (χ0v) is 12.4. The fraction of sp³-hybridized carbons (Fsp3) is 0.562. The predicted molar refractivity (Wildman–Crippen MR) is 78.4 cm³/mol. The van der Waals surface area contributed by atoms with Crippen LogP contribution in [0.2, 0.25) is 0 Å². The molecule has 104 valence electrons. The van der Waals surface area contributed by atoms with E-state index >= 15 is 0 Å². The minimum absolute atomic E-state index is 0.161. The second-order valence-corrected chi connectivity index (χ2v) is 5.91. The average molecular weight is 260 g/mol. The highest BCUT2D eigenvalue weighted by atomic mass is 16.2. The third-order valence-corrected chi connectivity index (χ3v) is 4.07. The summed E-state index contributed by atoms with van der Waals surface area (Å²) in [6.07, 6.45) is 1.80. The first-order valence-corrected chi connectivity index (χ1v) is 7.04. The fourth-order valence-electron chi connectivity index (χ4n) is 3.17. The van der Waals surface area contributed by atoms with E-state index < -0.39 is 0 Å². The van der Waals surface area contributed by atoms with Crippen LogP contribution in [0.3, 0.4) is 0 Å². The SMILES string of the molecule is Cc1cc(C)c(C(=O)N2CCC(N)CC2C)c(C)c1. The number of benzene rings is 1. The van der Waals surface area contributed by atoms with Gasteiger partial charge in [0, 0.05) is 24.2 Å². The number of hydrogen-bond donors (Lipinski definition) is 1. The molecule has 3 heteroatoms. The maximum absolute atomic E-state index is 12.8. The molecule has 1 aliphatic rings. The van der Waals surface area contributed by atoms with E-state index in [1.54, 1.807) is 0 Å². The third kappa shape index (κ3) is 2.81. The van der Waals surface area contributed by atoms with Gasteiger partial charge in [-0.25, -0.2) is 0 Å². The maximum Gasteiger partial charge on any atom is 0.254 e. The van der Waals surface area contributed by atoms with Gasteiger partial charge in [0.05, 0.1) is 0 Å². The van der Waals surface area contributed by atoms with E-state index in [1.807, 2.05) is 18.7 Å². The molecule has 2 atom stereocenters. The van der Waals surface area contributed by atoms with Crippen LogP contribution < -0.4 is 5.73 Å². The van der Waals surface area contributed by atoms with E-state index in [2.05, 4.69) is 26.0 Å². The van der Waals surface area contributed by atoms with Crippen molar-refractivity contribution < 1.29 is 4.79 Å². The van der Waals surface area contributed by atoms with Gasteiger partial charge in [0.1, 0.15) is 0 Å². The highest BCUT2D eigenvalue weighted by Gasteiger charge is 2.29. The van der Waals surface area contributed by atoms with E-state index in [1.165, 1.54) is 5.56 Å². The standard InChI is InChI=1S/C16H24N2O/c1-10-7-11(2)15(12(3)8-10)16(19)18-6-5-14(17)9-13(18)4/h7-8,13-14H,5-6,9,17H2,1-4H3. The second-order valence-electron chi connectivity index (χ2n) is 5.91. The van der Waals surface area contributed by atoms with Crippen molar-refractivity contribution in [2.24, 2.45) is 5.73 Å². The Morgan fingerprint density at radius 3 is 2.37 bits per heavy atom. The lowest BCUT2D eigenvalue weighted by Gasteiger charge is -2.37. The van der Waals surface area contributed by atoms with Crippen molar-refractivity contribution in [1.82, 2.24) is 4.90 Å². The van der Waals surface area contributed by atoms with Crippen molar-refractivity contribution in [2.45, 2.75) is 52.6 Å². The van der Waals surface area contributed by atoms with Gasteiger partial charge < -0.3 is 10.6 Å². The number of carbonyl (C=O) groups excluding carboxylic acids is 1. The van der Waals surface area contributed by atoms with Crippen molar-refractivity contribution >= 4 is 5.91 Å². The highest BCUT2D eigenvalue weighted by molar-refractivity contribution is 5.97. The lowest BCUT2D eigenvalue weighted by molar-refractivity contribution is 0.0617. The van der Waals surface area contributed by atoms with E-state index in [0.29, 0.717) is 0 Å². The summed E-state index contributed by atoms with van der Waals surface area (Å²) in [6.45, 7) is 8.97. The first-order valence-electron chi connectivity index (χ1n) is 7.04. The van der Waals surface area contributed by atoms with Gasteiger partial charge in [-0.15, -0.1) is 0 Å². The smallest absolute Gasteiger partial charge is 0.254 e. The summed E-state index contributed by atoms with van der Waals surface area (Å²) >= 11 is 0. The lowest BCUT2D eigenvalue weighted by atomic mass is 9.94. The Morgan fingerprint density at radius 1 is 1.26 bits per heavy atom. The third-order valence-electron chi connectivity index (χ3n) is 4.07. The highest BCUT2D eigenvalue weighted by Crippen LogP contribution is 2.23. The molecule has 0 radical (unpaired) electrons. The zero-order chi connectivity index (χ0) is 14.2. The normalized spacial score (nSPS) is 23.5. The number of amides is 1. The molecule has 1 fully saturated rings. The summed E-state index contributed by atoms with van der Waals surface area (Å²) in [5.41, 5.74) is 10.2. The number of rotatable bonds is 1. The van der Waals surface area contributed by atoms with Gasteiger partial charge in [0.15, 0.2) is 0 Å². The van der Waals surface area contributed by atoms with Gasteiger partial charge in [-0.2, -0.15) is 0 Å². The predicted octanol–water partition coefficient (Wildman–Crippen LogP) is 2.56. The largest absolute Gasteiger partial charge is 0.336 e. The van der Waals surface area contributed by atoms with Gasteiger partial charge in [-0.1, -0.05) is 17.7 Å². The molecule has 1 saturated heterocycles. The molecule has 1 amide bonds. The summed E-state index contributed by atoms with van der Waals surface area (Å²) in [6, 6.07) is 4.64. The topological polar surface area (TPSA) is 46.3 Å². The van der Waals surface area contributed by atoms with E-state index in [4.69, 9.17) is 5.73 Å². The van der Waals surface area contributed by atoms with E-state index in [-0.39, 0.29) is 18.0 Å². The molecule has 1 heterocycles. The summed E-state index contributed by atoms with van der Waals surface area (Å²) in [4.78, 5) is 14.7. The second kappa shape index (κ2) is 5.33. The average Bonchev–Trinajstić information content (AvgIpc) is 2.26. The van der Waals surface area contributed by atoms with Crippen LogP contribution in [-0.4, -0.2) is 29.4 Å². The first kappa shape index (κ1) is 14.1. The van der Waals surface area contributed by atoms with Gasteiger partial charge >= 0.3 is 0 Å². The maximum atomic E-state index is 12.8. The number of piperidine rings is 1. The van der Waals surface area contributed by atoms with Crippen molar-refractivity contribution in [2.75, 3.05) is 6.54 Å². The van der Waals surface area contributed by atoms with Crippen LogP contribution in [0, 0.1) is 20.8 Å². The molecule has 2 N–H and O–H groups in total. The summed E-state index contributed by atoms with van der Waals surface area (Å²) < 4.78 is 0. The van der Waals surface area contributed by atoms with Crippen LogP contribution in [0.25, 0.3) is 0 Å². The molecule has 0 aliphatic carbocycles. The molecule has 1 aromatic carbocycles. The summed E-state index contributed by atoms with van der Waals surface area (Å²) in [5, 5.41) is 0. The molecule has 3 nitrogen and oxygen atoms in total. The molecule has 0 bridgehead atoms. The van der Waals surface area contributed by atoms with Crippen LogP contribution in [0.5, 0.6) is 0 Å². The molecule has 0 saturated carbocycles. The number of nitrogens with two attached hydrogens (primary N) is 1. The van der Waals surface area contributed by atoms with Crippen LogP contribution in [0.4, 0.5) is 0 Å². The Labute approximate surface area is 115 Å². The molecule has 2 unspecified atom stereocenters. The monoisotopic (exact) mass is 260 g/mol. The van der Waals surface area contributed by atoms with Crippen LogP contribution in [0.1, 0.15) is 46.8 Å². The van der Waals surface area contributed by atoms with Crippen LogP contribution >= 0.6 is 0 Å². The Balaban J connectivity index is 2.30. The first-order chi connectivity index (χ1) is 8.90. The Hall–Kier alpha value is -1.35. The molecule has 0 aromatic heterocycles. The molecule has 19 heavy (non-hydrogen) atoms. The summed E-state index contributed by atoms with van der Waals surface area (Å²) in [5.74, 6) is 0.161. The summed E-state index contributed by atoms with van der Waals surface area (Å²) in [7, 11) is 0. The van der Waals surface area contributed by atoms with Crippen molar-refractivity contribution in [3.05, 3.63) is 34.4 Å². The minimum atomic E-state index is 0.161. The van der Waals surface area contributed by atoms with Gasteiger partial charge in [-0.05, 0) is 51.7 Å². The number of carbonyl (C=O) groups is 1. The number of nitrogens with zero attached hydrogens (tertiary/aromatic N) is 1. The van der Waals surface area contributed by atoms with E-state index in [9.17, 15) is 4.79 Å². The van der Waals surface area contributed by atoms with Gasteiger partial charge in [0.2, 0.25) is 0 Å². The lowest BCUT2D eigenvalue weighted by Crippen LogP contribution is -2.48. The molecule has 2 rings (SSSR count). The Morgan fingerprint density at radius 2 is 1.84 bits per heavy atom. The van der Waals surface area contributed by atoms with Gasteiger partial charge in [-0.3, -0.25) is 4.79 Å². The molecular formula is C16H24N2O. The minimum Gasteiger partial charge on any atom is -0.336 e. The molecule has 0 spiro atoms. The Kier molecular flexibility index (Phi) is 3.95. The van der Waals surface area contributed by atoms with Crippen LogP contribution in [0.15, 0.2) is 12.1 Å².